The van der Waals surface area contributed by atoms with Crippen molar-refractivity contribution in [3.05, 3.63) is 52.6 Å². The maximum absolute atomic E-state index is 6.33. The van der Waals surface area contributed by atoms with Crippen LogP contribution in [-0.4, -0.2) is 15.0 Å². The zero-order valence-corrected chi connectivity index (χ0v) is 14.0. The van der Waals surface area contributed by atoms with E-state index >= 15 is 0 Å². The molecule has 4 rings (SSSR count). The topological polar surface area (TPSA) is 67.6 Å². The van der Waals surface area contributed by atoms with Crippen molar-refractivity contribution in [1.82, 2.24) is 15.0 Å². The molecule has 0 amide bonds. The number of benzene rings is 1. The molecule has 23 heavy (non-hydrogen) atoms. The van der Waals surface area contributed by atoms with E-state index in [1.807, 2.05) is 30.5 Å². The lowest BCUT2D eigenvalue weighted by Gasteiger charge is -2.06. The van der Waals surface area contributed by atoms with Gasteiger partial charge in [0.2, 0.25) is 5.95 Å². The number of H-pyrrole nitrogens is 1. The molecule has 0 aliphatic rings. The van der Waals surface area contributed by atoms with E-state index in [1.165, 1.54) is 0 Å². The molecule has 1 aromatic carbocycles. The predicted molar refractivity (Wildman–Crippen MR) is 97.1 cm³/mol. The van der Waals surface area contributed by atoms with Gasteiger partial charge in [-0.2, -0.15) is 0 Å². The molecule has 3 aromatic heterocycles. The highest BCUT2D eigenvalue weighted by Gasteiger charge is 2.16. The summed E-state index contributed by atoms with van der Waals surface area (Å²) < 4.78 is 0. The number of thiophene rings is 1. The van der Waals surface area contributed by atoms with Crippen LogP contribution in [-0.2, 0) is 0 Å². The first-order valence-electron chi connectivity index (χ1n) is 6.78. The second kappa shape index (κ2) is 5.53. The number of aromatic amines is 1. The molecular formula is C16H10Cl2N4S. The quantitative estimate of drug-likeness (QED) is 0.513. The second-order valence-corrected chi connectivity index (χ2v) is 6.84. The van der Waals surface area contributed by atoms with Gasteiger partial charge in [-0.3, -0.25) is 0 Å². The molecule has 0 spiro atoms. The normalized spacial score (nSPS) is 11.2. The van der Waals surface area contributed by atoms with Crippen LogP contribution in [0.25, 0.3) is 32.0 Å². The summed E-state index contributed by atoms with van der Waals surface area (Å²) in [5.74, 6) is 0.221. The van der Waals surface area contributed by atoms with Crippen LogP contribution in [0.15, 0.2) is 42.6 Å². The number of aromatic nitrogens is 3. The molecule has 0 aliphatic carbocycles. The lowest BCUT2D eigenvalue weighted by Crippen LogP contribution is -1.96. The number of anilines is 1. The molecule has 0 unspecified atom stereocenters. The third-order valence-corrected chi connectivity index (χ3v) is 5.07. The number of hydrogen-bond donors (Lipinski definition) is 2. The number of nitrogens with one attached hydrogen (secondary N) is 1. The third-order valence-electron chi connectivity index (χ3n) is 3.46. The first-order valence-corrected chi connectivity index (χ1v) is 8.35. The monoisotopic (exact) mass is 360 g/mol. The fourth-order valence-corrected chi connectivity index (χ4v) is 3.97. The molecule has 0 radical (unpaired) electrons. The van der Waals surface area contributed by atoms with E-state index in [2.05, 4.69) is 15.0 Å². The number of rotatable bonds is 2. The van der Waals surface area contributed by atoms with E-state index in [4.69, 9.17) is 28.9 Å². The maximum atomic E-state index is 6.33. The molecule has 7 heteroatoms. The fraction of sp³-hybridized carbons (Fsp3) is 0. The highest BCUT2D eigenvalue weighted by Crippen LogP contribution is 2.39. The van der Waals surface area contributed by atoms with Crippen LogP contribution >= 0.6 is 34.5 Å². The van der Waals surface area contributed by atoms with Gasteiger partial charge in [-0.15, -0.1) is 11.3 Å². The minimum absolute atomic E-state index is 0.221. The van der Waals surface area contributed by atoms with Crippen LogP contribution < -0.4 is 5.73 Å². The van der Waals surface area contributed by atoms with Crippen LogP contribution in [0.2, 0.25) is 10.0 Å². The van der Waals surface area contributed by atoms with Gasteiger partial charge in [0.15, 0.2) is 0 Å². The van der Waals surface area contributed by atoms with Crippen LogP contribution in [0, 0.1) is 0 Å². The van der Waals surface area contributed by atoms with Crippen molar-refractivity contribution in [3.63, 3.8) is 0 Å². The maximum Gasteiger partial charge on any atom is 0.221 e. The smallest absolute Gasteiger partial charge is 0.221 e. The van der Waals surface area contributed by atoms with Gasteiger partial charge in [-0.25, -0.2) is 9.97 Å². The Morgan fingerprint density at radius 3 is 2.70 bits per heavy atom. The molecule has 3 N–H and O–H groups in total. The first-order chi connectivity index (χ1) is 11.1. The van der Waals surface area contributed by atoms with E-state index in [0.29, 0.717) is 15.7 Å². The van der Waals surface area contributed by atoms with Gasteiger partial charge in [-0.1, -0.05) is 23.2 Å². The van der Waals surface area contributed by atoms with Crippen molar-refractivity contribution in [2.45, 2.75) is 0 Å². The van der Waals surface area contributed by atoms with Gasteiger partial charge >= 0.3 is 0 Å². The summed E-state index contributed by atoms with van der Waals surface area (Å²) in [5.41, 5.74) is 8.40. The first kappa shape index (κ1) is 14.5. The number of nitrogen functional groups attached to an aromatic ring is 1. The molecule has 0 bridgehead atoms. The molecule has 114 valence electrons. The summed E-state index contributed by atoms with van der Waals surface area (Å²) in [7, 11) is 0. The molecule has 3 heterocycles. The average Bonchev–Trinajstić information content (AvgIpc) is 3.15. The number of nitrogens with two attached hydrogens (primary N) is 1. The van der Waals surface area contributed by atoms with Crippen molar-refractivity contribution >= 4 is 50.7 Å². The highest BCUT2D eigenvalue weighted by molar-refractivity contribution is 7.21. The standard InChI is InChI=1S/C16H10Cl2N4S/c17-8-3-4-9(11(18)6-8)14-10-7-13(12-2-1-5-20-12)23-15(10)22-16(19)21-14/h1-7,20H,(H2,19,21,22). The van der Waals surface area contributed by atoms with Crippen molar-refractivity contribution < 1.29 is 0 Å². The minimum atomic E-state index is 0.221. The molecule has 0 saturated carbocycles. The Labute approximate surface area is 145 Å². The number of nitrogens with zero attached hydrogens (tertiary/aromatic N) is 2. The van der Waals surface area contributed by atoms with E-state index in [9.17, 15) is 0 Å². The molecular weight excluding hydrogens is 351 g/mol. The number of fused-ring (bicyclic) bond motifs is 1. The zero-order chi connectivity index (χ0) is 16.0. The Morgan fingerprint density at radius 1 is 1.09 bits per heavy atom. The molecule has 4 nitrogen and oxygen atoms in total. The third kappa shape index (κ3) is 2.57. The molecule has 0 fully saturated rings. The summed E-state index contributed by atoms with van der Waals surface area (Å²) in [5, 5.41) is 2.02. The van der Waals surface area contributed by atoms with Crippen LogP contribution in [0.1, 0.15) is 0 Å². The van der Waals surface area contributed by atoms with Crippen molar-refractivity contribution in [3.8, 4) is 21.8 Å². The Bertz CT molecular complexity index is 1010. The lowest BCUT2D eigenvalue weighted by molar-refractivity contribution is 1.25. The summed E-state index contributed by atoms with van der Waals surface area (Å²) in [6, 6.07) is 11.3. The lowest BCUT2D eigenvalue weighted by atomic mass is 10.1. The molecule has 0 saturated heterocycles. The largest absolute Gasteiger partial charge is 0.368 e. The van der Waals surface area contributed by atoms with E-state index in [1.54, 1.807) is 23.5 Å². The minimum Gasteiger partial charge on any atom is -0.368 e. The van der Waals surface area contributed by atoms with Crippen LogP contribution in [0.4, 0.5) is 5.95 Å². The van der Waals surface area contributed by atoms with E-state index in [0.717, 1.165) is 26.4 Å². The fourth-order valence-electron chi connectivity index (χ4n) is 2.44. The summed E-state index contributed by atoms with van der Waals surface area (Å²) >= 11 is 13.9. The zero-order valence-electron chi connectivity index (χ0n) is 11.7. The van der Waals surface area contributed by atoms with Gasteiger partial charge in [0, 0.05) is 22.2 Å². The summed E-state index contributed by atoms with van der Waals surface area (Å²) in [4.78, 5) is 13.8. The van der Waals surface area contributed by atoms with Crippen molar-refractivity contribution in [1.29, 1.82) is 0 Å². The van der Waals surface area contributed by atoms with E-state index < -0.39 is 0 Å². The number of halogens is 2. The van der Waals surface area contributed by atoms with Gasteiger partial charge in [0.1, 0.15) is 4.83 Å². The van der Waals surface area contributed by atoms with Gasteiger partial charge in [0.05, 0.1) is 21.3 Å². The highest BCUT2D eigenvalue weighted by atomic mass is 35.5. The Balaban J connectivity index is 1.99. The second-order valence-electron chi connectivity index (χ2n) is 4.97. The summed E-state index contributed by atoms with van der Waals surface area (Å²) in [6.07, 6.45) is 1.89. The van der Waals surface area contributed by atoms with Gasteiger partial charge in [-0.05, 0) is 36.4 Å². The van der Waals surface area contributed by atoms with Crippen LogP contribution in [0.3, 0.4) is 0 Å². The average molecular weight is 361 g/mol. The predicted octanol–water partition coefficient (Wildman–Crippen LogP) is 5.24. The number of hydrogen-bond acceptors (Lipinski definition) is 4. The Hall–Kier alpha value is -2.08. The molecule has 4 aromatic rings. The molecule has 0 atom stereocenters. The SMILES string of the molecule is Nc1nc(-c2ccc(Cl)cc2Cl)c2cc(-c3ccc[nH]3)sc2n1. The van der Waals surface area contributed by atoms with Gasteiger partial charge < -0.3 is 10.7 Å². The molecule has 0 aliphatic heterocycles. The van der Waals surface area contributed by atoms with E-state index in [-0.39, 0.29) is 5.95 Å². The Morgan fingerprint density at radius 2 is 1.96 bits per heavy atom. The van der Waals surface area contributed by atoms with Crippen molar-refractivity contribution in [2.24, 2.45) is 0 Å². The van der Waals surface area contributed by atoms with Crippen LogP contribution in [0.5, 0.6) is 0 Å². The van der Waals surface area contributed by atoms with Crippen molar-refractivity contribution in [2.75, 3.05) is 5.73 Å². The van der Waals surface area contributed by atoms with Gasteiger partial charge in [0.25, 0.3) is 0 Å². The summed E-state index contributed by atoms with van der Waals surface area (Å²) in [6.45, 7) is 0. The Kier molecular flexibility index (Phi) is 3.49.